The molecule has 4 rings (SSSR count). The average molecular weight is 363 g/mol. The number of carboxylic acid groups (broad SMARTS) is 1. The van der Waals surface area contributed by atoms with Crippen molar-refractivity contribution in [3.63, 3.8) is 0 Å². The zero-order chi connectivity index (χ0) is 19.0. The molecular formula is C19H17N5O3. The van der Waals surface area contributed by atoms with E-state index in [0.717, 1.165) is 27.6 Å². The number of hydrogen-bond donors (Lipinski definition) is 4. The zero-order valence-corrected chi connectivity index (χ0v) is 14.5. The summed E-state index contributed by atoms with van der Waals surface area (Å²) in [6, 6.07) is 7.27. The van der Waals surface area contributed by atoms with Crippen LogP contribution >= 0.6 is 0 Å². The summed E-state index contributed by atoms with van der Waals surface area (Å²) in [5.74, 6) is 7.10. The van der Waals surface area contributed by atoms with Gasteiger partial charge in [-0.25, -0.2) is 9.78 Å². The number of hydrogen-bond acceptors (Lipinski definition) is 5. The van der Waals surface area contributed by atoms with Gasteiger partial charge in [-0.15, -0.1) is 0 Å². The highest BCUT2D eigenvalue weighted by atomic mass is 16.5. The molecule has 0 saturated carbocycles. The molecule has 0 radical (unpaired) electrons. The Hall–Kier alpha value is -3.57. The third-order valence-corrected chi connectivity index (χ3v) is 4.37. The summed E-state index contributed by atoms with van der Waals surface area (Å²) in [7, 11) is 0. The molecule has 0 aliphatic carbocycles. The first-order valence-electron chi connectivity index (χ1n) is 8.28. The van der Waals surface area contributed by atoms with Crippen LogP contribution in [0.4, 0.5) is 16.4 Å². The molecule has 136 valence electrons. The molecule has 1 aliphatic rings. The number of anilines is 2. The molecule has 3 heterocycles. The number of fused-ring (bicyclic) bond motifs is 1. The number of rotatable bonds is 2. The number of carbonyl (C=O) groups is 1. The van der Waals surface area contributed by atoms with Crippen LogP contribution < -0.4 is 11.1 Å². The predicted octanol–water partition coefficient (Wildman–Crippen LogP) is 2.69. The van der Waals surface area contributed by atoms with Gasteiger partial charge in [-0.2, -0.15) is 5.10 Å². The lowest BCUT2D eigenvalue weighted by atomic mass is 9.89. The number of nitrogen functional groups attached to an aromatic ring is 1. The Morgan fingerprint density at radius 3 is 2.89 bits per heavy atom. The van der Waals surface area contributed by atoms with Gasteiger partial charge in [-0.3, -0.25) is 10.4 Å². The normalized spacial score (nSPS) is 14.9. The number of aromatic nitrogens is 3. The van der Waals surface area contributed by atoms with Crippen LogP contribution in [-0.4, -0.2) is 39.6 Å². The average Bonchev–Trinajstić information content (AvgIpc) is 2.99. The third kappa shape index (κ3) is 3.28. The van der Waals surface area contributed by atoms with Crippen molar-refractivity contribution >= 4 is 28.6 Å². The van der Waals surface area contributed by atoms with Gasteiger partial charge >= 0.3 is 6.09 Å². The molecule has 0 bridgehead atoms. The minimum absolute atomic E-state index is 0.150. The number of ether oxygens (including phenoxy) is 1. The summed E-state index contributed by atoms with van der Waals surface area (Å²) in [6.45, 7) is 3.28. The second kappa shape index (κ2) is 6.30. The Labute approximate surface area is 154 Å². The first-order chi connectivity index (χ1) is 12.9. The molecule has 0 spiro atoms. The molecule has 8 heteroatoms. The van der Waals surface area contributed by atoms with Crippen LogP contribution in [0.15, 0.2) is 30.5 Å². The minimum Gasteiger partial charge on any atom is -0.465 e. The first kappa shape index (κ1) is 16.9. The maximum absolute atomic E-state index is 10.9. The summed E-state index contributed by atoms with van der Waals surface area (Å²) in [6.07, 6.45) is 0.374. The summed E-state index contributed by atoms with van der Waals surface area (Å²) in [5.41, 5.74) is 9.01. The van der Waals surface area contributed by atoms with Gasteiger partial charge in [0.1, 0.15) is 5.82 Å². The Morgan fingerprint density at radius 1 is 1.37 bits per heavy atom. The molecule has 1 fully saturated rings. The monoisotopic (exact) mass is 363 g/mol. The number of H-pyrrole nitrogens is 1. The van der Waals surface area contributed by atoms with E-state index in [-0.39, 0.29) is 11.2 Å². The Kier molecular flexibility index (Phi) is 3.94. The molecule has 8 nitrogen and oxygen atoms in total. The van der Waals surface area contributed by atoms with E-state index in [4.69, 9.17) is 15.6 Å². The predicted molar refractivity (Wildman–Crippen MR) is 101 cm³/mol. The van der Waals surface area contributed by atoms with Gasteiger partial charge in [-0.1, -0.05) is 11.8 Å². The molecule has 1 saturated heterocycles. The molecular weight excluding hydrogens is 346 g/mol. The summed E-state index contributed by atoms with van der Waals surface area (Å²) in [5, 5.41) is 18.9. The highest BCUT2D eigenvalue weighted by Gasteiger charge is 2.31. The molecule has 1 aliphatic heterocycles. The lowest BCUT2D eigenvalue weighted by Crippen LogP contribution is -2.38. The number of benzene rings is 1. The topological polar surface area (TPSA) is 126 Å². The van der Waals surface area contributed by atoms with Crippen LogP contribution in [0.2, 0.25) is 0 Å². The van der Waals surface area contributed by atoms with E-state index in [9.17, 15) is 4.79 Å². The molecule has 1 aromatic carbocycles. The lowest BCUT2D eigenvalue weighted by Gasteiger charge is -2.32. The van der Waals surface area contributed by atoms with Crippen molar-refractivity contribution in [3.05, 3.63) is 36.0 Å². The van der Waals surface area contributed by atoms with E-state index in [1.54, 1.807) is 18.3 Å². The number of nitrogens with zero attached hydrogens (tertiary/aromatic N) is 2. The van der Waals surface area contributed by atoms with Gasteiger partial charge in [0.15, 0.2) is 5.82 Å². The van der Waals surface area contributed by atoms with Crippen LogP contribution in [0.5, 0.6) is 0 Å². The number of nitrogens with one attached hydrogen (secondary N) is 2. The van der Waals surface area contributed by atoms with Crippen molar-refractivity contribution in [2.75, 3.05) is 24.3 Å². The molecule has 5 N–H and O–H groups in total. The fraction of sp³-hybridized carbons (Fsp3) is 0.211. The van der Waals surface area contributed by atoms with Crippen molar-refractivity contribution in [2.45, 2.75) is 6.92 Å². The maximum atomic E-state index is 10.9. The number of pyridine rings is 1. The summed E-state index contributed by atoms with van der Waals surface area (Å²) in [4.78, 5) is 14.9. The van der Waals surface area contributed by atoms with E-state index in [1.165, 1.54) is 0 Å². The highest BCUT2D eigenvalue weighted by molar-refractivity contribution is 5.96. The molecule has 2 aromatic heterocycles. The quantitative estimate of drug-likeness (QED) is 0.519. The van der Waals surface area contributed by atoms with E-state index in [2.05, 4.69) is 39.3 Å². The minimum atomic E-state index is -1.17. The molecule has 0 unspecified atom stereocenters. The fourth-order valence-electron chi connectivity index (χ4n) is 2.89. The SMILES string of the molecule is CC1(C#Cc2cc(-c3ccnc(NC(=O)O)c3)cc3c(N)n[nH]c23)COC1. The van der Waals surface area contributed by atoms with Crippen molar-refractivity contribution < 1.29 is 14.6 Å². The lowest BCUT2D eigenvalue weighted by molar-refractivity contribution is -0.0648. The number of amides is 1. The van der Waals surface area contributed by atoms with Gasteiger partial charge in [-0.05, 0) is 42.3 Å². The zero-order valence-electron chi connectivity index (χ0n) is 14.5. The maximum Gasteiger partial charge on any atom is 0.410 e. The Bertz CT molecular complexity index is 1110. The highest BCUT2D eigenvalue weighted by Crippen LogP contribution is 2.31. The standard InChI is InChI=1S/C19H17N5O3/c1-19(9-27-10-19)4-2-12-6-13(7-14-16(12)23-24-17(14)20)11-3-5-21-15(8-11)22-18(25)26/h3,5-8H,9-10H2,1H3,(H,21,22)(H,25,26)(H3,20,23,24). The van der Waals surface area contributed by atoms with E-state index < -0.39 is 6.09 Å². The fourth-order valence-corrected chi connectivity index (χ4v) is 2.89. The molecule has 0 atom stereocenters. The molecule has 1 amide bonds. The van der Waals surface area contributed by atoms with Gasteiger partial charge in [0, 0.05) is 11.6 Å². The van der Waals surface area contributed by atoms with Crippen LogP contribution in [0.25, 0.3) is 22.0 Å². The first-order valence-corrected chi connectivity index (χ1v) is 8.28. The van der Waals surface area contributed by atoms with Gasteiger partial charge in [0.25, 0.3) is 0 Å². The van der Waals surface area contributed by atoms with E-state index in [0.29, 0.717) is 19.0 Å². The number of nitrogens with two attached hydrogens (primary N) is 1. The Morgan fingerprint density at radius 2 is 2.19 bits per heavy atom. The summed E-state index contributed by atoms with van der Waals surface area (Å²) >= 11 is 0. The van der Waals surface area contributed by atoms with Crippen molar-refractivity contribution in [3.8, 4) is 23.0 Å². The van der Waals surface area contributed by atoms with Crippen LogP contribution in [0.1, 0.15) is 12.5 Å². The van der Waals surface area contributed by atoms with Crippen molar-refractivity contribution in [1.82, 2.24) is 15.2 Å². The van der Waals surface area contributed by atoms with Crippen molar-refractivity contribution in [1.29, 1.82) is 0 Å². The van der Waals surface area contributed by atoms with Gasteiger partial charge in [0.2, 0.25) is 0 Å². The molecule has 27 heavy (non-hydrogen) atoms. The van der Waals surface area contributed by atoms with Crippen LogP contribution in [0.3, 0.4) is 0 Å². The second-order valence-electron chi connectivity index (χ2n) is 6.72. The second-order valence-corrected chi connectivity index (χ2v) is 6.72. The van der Waals surface area contributed by atoms with Gasteiger partial charge in [0.05, 0.1) is 29.7 Å². The largest absolute Gasteiger partial charge is 0.465 e. The smallest absolute Gasteiger partial charge is 0.410 e. The Balaban J connectivity index is 1.82. The summed E-state index contributed by atoms with van der Waals surface area (Å²) < 4.78 is 5.25. The molecule has 3 aromatic rings. The van der Waals surface area contributed by atoms with E-state index >= 15 is 0 Å². The van der Waals surface area contributed by atoms with Crippen LogP contribution in [-0.2, 0) is 4.74 Å². The number of aromatic amines is 1. The van der Waals surface area contributed by atoms with Gasteiger partial charge < -0.3 is 15.6 Å². The van der Waals surface area contributed by atoms with E-state index in [1.807, 2.05) is 12.1 Å². The third-order valence-electron chi connectivity index (χ3n) is 4.37. The van der Waals surface area contributed by atoms with Crippen molar-refractivity contribution in [2.24, 2.45) is 5.41 Å². The van der Waals surface area contributed by atoms with Crippen LogP contribution in [0, 0.1) is 17.3 Å².